The van der Waals surface area contributed by atoms with Gasteiger partial charge in [-0.15, -0.1) is 0 Å². The molecule has 8 aromatic carbocycles. The summed E-state index contributed by atoms with van der Waals surface area (Å²) >= 11 is 37.8. The highest BCUT2D eigenvalue weighted by molar-refractivity contribution is 14.1. The smallest absolute Gasteiger partial charge is 0.248 e. The van der Waals surface area contributed by atoms with Crippen molar-refractivity contribution in [2.45, 2.75) is 79.1 Å². The predicted octanol–water partition coefficient (Wildman–Crippen LogP) is 22.4. The lowest BCUT2D eigenvalue weighted by Gasteiger charge is -2.06. The minimum absolute atomic E-state index is 0.162. The molecule has 0 fully saturated rings. The van der Waals surface area contributed by atoms with Crippen LogP contribution in [0.2, 0.25) is 30.1 Å². The van der Waals surface area contributed by atoms with Crippen LogP contribution in [0.25, 0.3) is 24.3 Å². The maximum atomic E-state index is 11.9. The zero-order valence-electron chi connectivity index (χ0n) is 49.5. The molecule has 4 N–H and O–H groups in total. The van der Waals surface area contributed by atoms with Crippen LogP contribution in [0.1, 0.15) is 124 Å². The molecule has 8 rings (SSSR count). The van der Waals surface area contributed by atoms with Crippen molar-refractivity contribution in [2.75, 3.05) is 21.3 Å². The molecule has 8 nitrogen and oxygen atoms in total. The van der Waals surface area contributed by atoms with Gasteiger partial charge >= 0.3 is 0 Å². The predicted molar refractivity (Wildman–Crippen MR) is 381 cm³/mol. The van der Waals surface area contributed by atoms with Crippen LogP contribution in [-0.4, -0.2) is 23.6 Å². The van der Waals surface area contributed by atoms with E-state index in [0.717, 1.165) is 31.5 Å². The van der Waals surface area contributed by atoms with E-state index in [-0.39, 0.29) is 23.6 Å². The topological polar surface area (TPSA) is 116 Å². The Morgan fingerprint density at radius 3 is 1.01 bits per heavy atom. The second-order valence-corrected chi connectivity index (χ2v) is 24.7. The number of nitrogens with one attached hydrogen (secondary N) is 4. The van der Waals surface area contributed by atoms with Crippen LogP contribution in [0, 0.1) is 3.57 Å². The third kappa shape index (κ3) is 25.7. The maximum absolute atomic E-state index is 11.9. The van der Waals surface area contributed by atoms with Crippen LogP contribution < -0.4 is 21.3 Å². The summed E-state index contributed by atoms with van der Waals surface area (Å²) in [7, 11) is 0. The van der Waals surface area contributed by atoms with Crippen molar-refractivity contribution in [3.05, 3.63) is 278 Å². The second-order valence-electron chi connectivity index (χ2n) is 20.9. The molecule has 0 spiro atoms. The zero-order valence-corrected chi connectivity index (χ0v) is 56.1. The number of carbonyl (C=O) groups is 4. The van der Waals surface area contributed by atoms with Gasteiger partial charge in [-0.1, -0.05) is 228 Å². The Kier molecular flexibility index (Phi) is 29.6. The van der Waals surface area contributed by atoms with Crippen LogP contribution in [-0.2, 0) is 19.2 Å². The Labute approximate surface area is 556 Å². The van der Waals surface area contributed by atoms with Gasteiger partial charge in [0, 0.05) is 43.6 Å². The SMILES string of the molecule is CC(C)c1ccc(/C=C/C(=O)Nc2ccc(Cl)cc2)cc1.CC(C)c1ccc(/C=C/C(=O)Nc2ccc(Cl)cc2Cl)cc1.CC(C)c1ccc(/C=C/C(=O)Nc2ccc(I)cc2Cl)cc1.CC(C)c1ccc(/C=C/C(=O)Nc2cccc(Cl)c2Cl)cc1. The van der Waals surface area contributed by atoms with E-state index in [9.17, 15) is 19.2 Å². The number of hydrogen-bond donors (Lipinski definition) is 4. The van der Waals surface area contributed by atoms with E-state index in [2.05, 4.69) is 148 Å². The number of amides is 4. The molecule has 0 aliphatic heterocycles. The minimum Gasteiger partial charge on any atom is -0.323 e. The first-order valence-electron chi connectivity index (χ1n) is 27.9. The number of halogens is 7. The van der Waals surface area contributed by atoms with Crippen molar-refractivity contribution < 1.29 is 19.2 Å². The molecule has 0 heterocycles. The monoisotopic (exact) mass is 1390 g/mol. The largest absolute Gasteiger partial charge is 0.323 e. The van der Waals surface area contributed by atoms with Gasteiger partial charge in [-0.25, -0.2) is 0 Å². The average Bonchev–Trinajstić information content (AvgIpc) is 3.70. The van der Waals surface area contributed by atoms with Gasteiger partial charge in [-0.05, 0) is 188 Å². The molecule has 0 atom stereocenters. The van der Waals surface area contributed by atoms with Crippen molar-refractivity contribution >= 4 is 163 Å². The number of benzene rings is 8. The molecule has 450 valence electrons. The van der Waals surface area contributed by atoms with Crippen molar-refractivity contribution in [1.29, 1.82) is 0 Å². The lowest BCUT2D eigenvalue weighted by atomic mass is 10.0. The Bertz CT molecular complexity index is 3550. The number of anilines is 4. The molecule has 0 saturated carbocycles. The van der Waals surface area contributed by atoms with E-state index in [4.69, 9.17) is 69.6 Å². The lowest BCUT2D eigenvalue weighted by Crippen LogP contribution is -2.08. The molecule has 8 aromatic rings. The van der Waals surface area contributed by atoms with E-state index in [0.29, 0.717) is 70.9 Å². The lowest BCUT2D eigenvalue weighted by molar-refractivity contribution is -0.112. The van der Waals surface area contributed by atoms with Gasteiger partial charge in [0.2, 0.25) is 23.6 Å². The third-order valence-electron chi connectivity index (χ3n) is 12.8. The fourth-order valence-electron chi connectivity index (χ4n) is 7.68. The molecule has 0 unspecified atom stereocenters. The summed E-state index contributed by atoms with van der Waals surface area (Å²) in [4.78, 5) is 47.6. The van der Waals surface area contributed by atoms with Crippen molar-refractivity contribution in [2.24, 2.45) is 0 Å². The van der Waals surface area contributed by atoms with Gasteiger partial charge in [0.25, 0.3) is 0 Å². The quantitative estimate of drug-likeness (QED) is 0.0570. The van der Waals surface area contributed by atoms with Crippen molar-refractivity contribution in [3.8, 4) is 0 Å². The van der Waals surface area contributed by atoms with Crippen LogP contribution in [0.4, 0.5) is 22.7 Å². The summed E-state index contributed by atoms with van der Waals surface area (Å²) in [6.45, 7) is 17.2. The molecule has 87 heavy (non-hydrogen) atoms. The summed E-state index contributed by atoms with van der Waals surface area (Å²) in [6, 6.07) is 55.2. The Morgan fingerprint density at radius 1 is 0.345 bits per heavy atom. The normalized spacial score (nSPS) is 11.1. The molecule has 0 aromatic heterocycles. The Morgan fingerprint density at radius 2 is 0.667 bits per heavy atom. The van der Waals surface area contributed by atoms with Crippen molar-refractivity contribution in [1.82, 2.24) is 0 Å². The summed E-state index contributed by atoms with van der Waals surface area (Å²) < 4.78 is 1.03. The second kappa shape index (κ2) is 36.4. The van der Waals surface area contributed by atoms with E-state index in [1.54, 1.807) is 91.0 Å². The molecule has 0 radical (unpaired) electrons. The molecule has 15 heteroatoms. The molecular formula is C72H69Cl6IN4O4. The van der Waals surface area contributed by atoms with Gasteiger partial charge in [0.1, 0.15) is 0 Å². The van der Waals surface area contributed by atoms with Crippen LogP contribution >= 0.6 is 92.2 Å². The van der Waals surface area contributed by atoms with E-state index in [1.807, 2.05) is 60.7 Å². The summed E-state index contributed by atoms with van der Waals surface area (Å²) in [5.41, 5.74) is 11.4. The minimum atomic E-state index is -0.253. The standard InChI is InChI=1S/2C18H17Cl2NO.C18H17ClINO.C18H18ClNO/c1-12(2)14-6-3-13(4-7-14)5-10-18(22)21-17-9-8-15(19)11-16(17)20;1-12(2)14-9-6-13(7-10-14)8-11-17(22)21-16-5-3-4-15(19)18(16)20;1-12(2)14-6-3-13(4-7-14)5-10-18(22)21-17-9-8-15(20)11-16(17)19;1-13(2)15-6-3-14(4-7-15)5-12-18(21)20-17-10-8-16(19)9-11-17/h3*3-12H,1-2H3,(H,21,22);3-13H,1-2H3,(H,20,21)/b10-5+;11-8+;10-5+;12-5+. The first-order chi connectivity index (χ1) is 41.4. The Hall–Kier alpha value is -6.93. The molecule has 0 saturated heterocycles. The summed E-state index contributed by atoms with van der Waals surface area (Å²) in [5, 5.41) is 13.9. The van der Waals surface area contributed by atoms with Crippen LogP contribution in [0.3, 0.4) is 0 Å². The summed E-state index contributed by atoms with van der Waals surface area (Å²) in [5.74, 6) is 1.15. The fourth-order valence-corrected chi connectivity index (χ4v) is 9.51. The van der Waals surface area contributed by atoms with E-state index >= 15 is 0 Å². The highest BCUT2D eigenvalue weighted by atomic mass is 127. The van der Waals surface area contributed by atoms with E-state index in [1.165, 1.54) is 46.6 Å². The van der Waals surface area contributed by atoms with Crippen LogP contribution in [0.5, 0.6) is 0 Å². The Balaban J connectivity index is 0.000000212. The number of carbonyl (C=O) groups excluding carboxylic acids is 4. The van der Waals surface area contributed by atoms with Gasteiger partial charge in [0.05, 0.1) is 37.2 Å². The average molecular weight is 1390 g/mol. The molecule has 0 aliphatic carbocycles. The first kappa shape index (κ1) is 70.8. The maximum Gasteiger partial charge on any atom is 0.248 e. The number of hydrogen-bond acceptors (Lipinski definition) is 4. The number of rotatable bonds is 16. The summed E-state index contributed by atoms with van der Waals surface area (Å²) in [6.07, 6.45) is 13.1. The third-order valence-corrected chi connectivity index (χ3v) is 15.4. The molecule has 0 bridgehead atoms. The molecule has 0 aliphatic rings. The van der Waals surface area contributed by atoms with Gasteiger partial charge < -0.3 is 21.3 Å². The fraction of sp³-hybridized carbons (Fsp3) is 0.167. The van der Waals surface area contributed by atoms with Crippen LogP contribution in [0.15, 0.2) is 200 Å². The molecular weight excluding hydrogens is 1320 g/mol. The first-order valence-corrected chi connectivity index (χ1v) is 31.2. The van der Waals surface area contributed by atoms with Crippen molar-refractivity contribution in [3.63, 3.8) is 0 Å². The van der Waals surface area contributed by atoms with E-state index < -0.39 is 0 Å². The molecule has 4 amide bonds. The highest BCUT2D eigenvalue weighted by Gasteiger charge is 2.09. The van der Waals surface area contributed by atoms with Gasteiger partial charge in [0.15, 0.2) is 0 Å². The zero-order chi connectivity index (χ0) is 63.6. The van der Waals surface area contributed by atoms with Gasteiger partial charge in [-0.3, -0.25) is 19.2 Å². The van der Waals surface area contributed by atoms with Gasteiger partial charge in [-0.2, -0.15) is 0 Å². The highest BCUT2D eigenvalue weighted by Crippen LogP contribution is 2.30.